The van der Waals surface area contributed by atoms with Crippen LogP contribution in [0.1, 0.15) is 24.9 Å². The van der Waals surface area contributed by atoms with Gasteiger partial charge in [-0.3, -0.25) is 4.79 Å². The van der Waals surface area contributed by atoms with E-state index in [4.69, 9.17) is 10.7 Å². The molecule has 0 bridgehead atoms. The Balaban J connectivity index is 1.97. The summed E-state index contributed by atoms with van der Waals surface area (Å²) in [6, 6.07) is 13.7. The molecule has 0 saturated carbocycles. The number of hydrogen-bond donors (Lipinski definition) is 0. The zero-order chi connectivity index (χ0) is 15.9. The number of carbonyl (C=O) groups is 1. The Kier molecular flexibility index (Phi) is 3.87. The zero-order valence-electron chi connectivity index (χ0n) is 12.1. The summed E-state index contributed by atoms with van der Waals surface area (Å²) in [5.41, 5.74) is 1.01. The third-order valence-electron chi connectivity index (χ3n) is 4.26. The van der Waals surface area contributed by atoms with Crippen LogP contribution in [0.5, 0.6) is 0 Å². The fourth-order valence-corrected chi connectivity index (χ4v) is 4.08. The van der Waals surface area contributed by atoms with Gasteiger partial charge in [-0.2, -0.15) is 0 Å². The van der Waals surface area contributed by atoms with E-state index < -0.39 is 14.3 Å². The summed E-state index contributed by atoms with van der Waals surface area (Å²) < 4.78 is 23.0. The number of benzene rings is 2. The summed E-state index contributed by atoms with van der Waals surface area (Å²) in [6.45, 7) is 2.07. The first kappa shape index (κ1) is 15.3. The zero-order valence-corrected chi connectivity index (χ0v) is 13.6. The number of halogens is 1. The molecule has 1 fully saturated rings. The monoisotopic (exact) mass is 337 g/mol. The van der Waals surface area contributed by atoms with Crippen molar-refractivity contribution in [2.45, 2.75) is 24.6 Å². The van der Waals surface area contributed by atoms with Crippen LogP contribution in [0.2, 0.25) is 0 Å². The first-order chi connectivity index (χ1) is 10.4. The maximum Gasteiger partial charge on any atom is 0.237 e. The molecule has 2 aromatic rings. The maximum absolute atomic E-state index is 12.2. The lowest BCUT2D eigenvalue weighted by Crippen LogP contribution is -2.30. The van der Waals surface area contributed by atoms with Gasteiger partial charge in [0.25, 0.3) is 0 Å². The van der Waals surface area contributed by atoms with E-state index in [1.165, 1.54) is 0 Å². The molecule has 2 aromatic carbocycles. The number of carbonyl (C=O) groups excluding carboxylic acids is 1. The van der Waals surface area contributed by atoms with Crippen molar-refractivity contribution in [2.75, 3.05) is 6.54 Å². The van der Waals surface area contributed by atoms with Gasteiger partial charge in [-0.15, -0.1) is 0 Å². The molecule has 22 heavy (non-hydrogen) atoms. The average molecular weight is 338 g/mol. The molecule has 0 aromatic heterocycles. The van der Waals surface area contributed by atoms with Crippen LogP contribution in [0, 0.1) is 0 Å². The van der Waals surface area contributed by atoms with Crippen LogP contribution in [0.4, 0.5) is 0 Å². The molecule has 4 nitrogen and oxygen atoms in total. The lowest BCUT2D eigenvalue weighted by molar-refractivity contribution is -0.129. The van der Waals surface area contributed by atoms with Crippen LogP contribution in [-0.2, 0) is 13.8 Å². The van der Waals surface area contributed by atoms with E-state index >= 15 is 0 Å². The van der Waals surface area contributed by atoms with Gasteiger partial charge in [-0.25, -0.2) is 8.42 Å². The highest BCUT2D eigenvalue weighted by Gasteiger charge is 2.39. The number of nitrogens with zero attached hydrogens (tertiary/aromatic N) is 1. The number of fused-ring (bicyclic) bond motifs is 1. The molecule has 1 amide bonds. The normalized spacial score (nSPS) is 20.5. The first-order valence-electron chi connectivity index (χ1n) is 7.08. The number of likely N-dealkylation sites (tertiary alicyclic amines) is 1. The van der Waals surface area contributed by atoms with Crippen LogP contribution < -0.4 is 0 Å². The highest BCUT2D eigenvalue weighted by atomic mass is 35.7. The summed E-state index contributed by atoms with van der Waals surface area (Å²) in [7, 11) is 1.69. The van der Waals surface area contributed by atoms with Gasteiger partial charge in [-0.05, 0) is 23.3 Å². The van der Waals surface area contributed by atoms with E-state index in [0.717, 1.165) is 16.3 Å². The Hall–Kier alpha value is -1.59. The van der Waals surface area contributed by atoms with Gasteiger partial charge >= 0.3 is 0 Å². The van der Waals surface area contributed by atoms with E-state index in [-0.39, 0.29) is 24.9 Å². The van der Waals surface area contributed by atoms with Crippen LogP contribution >= 0.6 is 10.7 Å². The summed E-state index contributed by atoms with van der Waals surface area (Å²) in [5.74, 6) is -0.172. The molecule has 3 rings (SSSR count). The molecule has 116 valence electrons. The Morgan fingerprint density at radius 3 is 2.55 bits per heavy atom. The van der Waals surface area contributed by atoms with Crippen LogP contribution in [-0.4, -0.2) is 31.0 Å². The molecule has 1 unspecified atom stereocenters. The van der Waals surface area contributed by atoms with Crippen molar-refractivity contribution in [3.05, 3.63) is 48.0 Å². The SMILES string of the molecule is C[C@@H](c1cccc2ccccc12)N1CC(S(=O)(=O)Cl)CC1=O. The van der Waals surface area contributed by atoms with Crippen molar-refractivity contribution in [2.24, 2.45) is 0 Å². The summed E-state index contributed by atoms with van der Waals surface area (Å²) in [4.78, 5) is 13.8. The van der Waals surface area contributed by atoms with Gasteiger partial charge in [0, 0.05) is 23.6 Å². The lowest BCUT2D eigenvalue weighted by Gasteiger charge is -2.26. The van der Waals surface area contributed by atoms with Gasteiger partial charge in [0.1, 0.15) is 5.25 Å². The predicted octanol–water partition coefficient (Wildman–Crippen LogP) is 3.07. The van der Waals surface area contributed by atoms with Gasteiger partial charge in [-0.1, -0.05) is 42.5 Å². The number of hydrogen-bond acceptors (Lipinski definition) is 3. The minimum absolute atomic E-state index is 0.0407. The van der Waals surface area contributed by atoms with E-state index in [1.54, 1.807) is 4.90 Å². The molecule has 1 aliphatic heterocycles. The second-order valence-electron chi connectivity index (χ2n) is 5.59. The van der Waals surface area contributed by atoms with Gasteiger partial charge in [0.2, 0.25) is 15.0 Å². The van der Waals surface area contributed by atoms with Crippen LogP contribution in [0.25, 0.3) is 10.8 Å². The second-order valence-corrected chi connectivity index (χ2v) is 8.50. The fourth-order valence-electron chi connectivity index (χ4n) is 3.04. The van der Waals surface area contributed by atoms with E-state index in [1.807, 2.05) is 49.4 Å². The van der Waals surface area contributed by atoms with Crippen molar-refractivity contribution >= 4 is 36.4 Å². The smallest absolute Gasteiger partial charge is 0.237 e. The van der Waals surface area contributed by atoms with Crippen molar-refractivity contribution in [1.29, 1.82) is 0 Å². The highest BCUT2D eigenvalue weighted by Crippen LogP contribution is 2.32. The molecule has 0 spiro atoms. The molecule has 0 N–H and O–H groups in total. The molecular formula is C16H16ClNO3S. The Bertz CT molecular complexity index is 829. The minimum atomic E-state index is -3.72. The maximum atomic E-state index is 12.2. The molecule has 1 aliphatic rings. The highest BCUT2D eigenvalue weighted by molar-refractivity contribution is 8.14. The van der Waals surface area contributed by atoms with E-state index in [0.29, 0.717) is 0 Å². The quantitative estimate of drug-likeness (QED) is 0.809. The molecule has 2 atom stereocenters. The third-order valence-corrected chi connectivity index (χ3v) is 6.13. The first-order valence-corrected chi connectivity index (χ1v) is 9.46. The van der Waals surface area contributed by atoms with Crippen molar-refractivity contribution in [1.82, 2.24) is 4.90 Å². The lowest BCUT2D eigenvalue weighted by atomic mass is 9.99. The summed E-state index contributed by atoms with van der Waals surface area (Å²) in [5, 5.41) is 1.35. The second kappa shape index (κ2) is 5.56. The Morgan fingerprint density at radius 1 is 1.18 bits per heavy atom. The molecular weight excluding hydrogens is 322 g/mol. The van der Waals surface area contributed by atoms with E-state index in [2.05, 4.69) is 0 Å². The fraction of sp³-hybridized carbons (Fsp3) is 0.312. The van der Waals surface area contributed by atoms with Crippen LogP contribution in [0.15, 0.2) is 42.5 Å². The van der Waals surface area contributed by atoms with Crippen LogP contribution in [0.3, 0.4) is 0 Å². The summed E-state index contributed by atoms with van der Waals surface area (Å²) >= 11 is 0. The molecule has 0 aliphatic carbocycles. The Morgan fingerprint density at radius 2 is 1.86 bits per heavy atom. The largest absolute Gasteiger partial charge is 0.335 e. The number of rotatable bonds is 3. The van der Waals surface area contributed by atoms with Gasteiger partial charge in [0.15, 0.2) is 0 Å². The van der Waals surface area contributed by atoms with Crippen molar-refractivity contribution in [3.63, 3.8) is 0 Å². The van der Waals surface area contributed by atoms with Gasteiger partial charge in [0.05, 0.1) is 6.04 Å². The standard InChI is InChI=1S/C16H16ClNO3S/c1-11(18-10-13(9-16(18)19)22(17,20)21)14-8-4-6-12-5-2-3-7-15(12)14/h2-8,11,13H,9-10H2,1H3/t11-,13?/m0/s1. The summed E-state index contributed by atoms with van der Waals surface area (Å²) in [6.07, 6.45) is -0.0407. The molecule has 0 radical (unpaired) electrons. The molecule has 1 heterocycles. The average Bonchev–Trinajstić information content (AvgIpc) is 2.88. The molecule has 6 heteroatoms. The minimum Gasteiger partial charge on any atom is -0.335 e. The topological polar surface area (TPSA) is 54.5 Å². The van der Waals surface area contributed by atoms with E-state index in [9.17, 15) is 13.2 Å². The number of amides is 1. The molecule has 1 saturated heterocycles. The predicted molar refractivity (Wildman–Crippen MR) is 87.3 cm³/mol. The van der Waals surface area contributed by atoms with Crippen molar-refractivity contribution in [3.8, 4) is 0 Å². The van der Waals surface area contributed by atoms with Gasteiger partial charge < -0.3 is 4.90 Å². The van der Waals surface area contributed by atoms with Crippen molar-refractivity contribution < 1.29 is 13.2 Å². The Labute approximate surface area is 134 Å². The third kappa shape index (κ3) is 2.71.